The van der Waals surface area contributed by atoms with Gasteiger partial charge < -0.3 is 9.47 Å². The average Bonchev–Trinajstić information content (AvgIpc) is 2.92. The molecule has 0 bridgehead atoms. The van der Waals surface area contributed by atoms with Gasteiger partial charge in [-0.2, -0.15) is 0 Å². The molecular weight excluding hydrogens is 164 g/mol. The van der Waals surface area contributed by atoms with E-state index < -0.39 is 0 Å². The van der Waals surface area contributed by atoms with Crippen LogP contribution in [0.25, 0.3) is 0 Å². The summed E-state index contributed by atoms with van der Waals surface area (Å²) in [6.07, 6.45) is 5.13. The van der Waals surface area contributed by atoms with Gasteiger partial charge in [0.15, 0.2) is 0 Å². The van der Waals surface area contributed by atoms with Gasteiger partial charge in [-0.05, 0) is 18.9 Å². The standard InChI is InChI=1S/C11H14O2/c1-5-3-6-7(9-8(5)12-9)4-11(2)10(6)13-11/h3,5,7-10H,4H2,1-2H3. The predicted molar refractivity (Wildman–Crippen MR) is 47.3 cm³/mol. The fourth-order valence-corrected chi connectivity index (χ4v) is 3.36. The maximum Gasteiger partial charge on any atom is 0.108 e. The van der Waals surface area contributed by atoms with Crippen molar-refractivity contribution in [3.8, 4) is 0 Å². The Balaban J connectivity index is 1.78. The van der Waals surface area contributed by atoms with Gasteiger partial charge in [0.25, 0.3) is 0 Å². The highest BCUT2D eigenvalue weighted by molar-refractivity contribution is 5.38. The highest BCUT2D eigenvalue weighted by atomic mass is 16.6. The molecule has 0 spiro atoms. The van der Waals surface area contributed by atoms with Crippen molar-refractivity contribution in [2.24, 2.45) is 11.8 Å². The Morgan fingerprint density at radius 3 is 3.15 bits per heavy atom. The first-order valence-electron chi connectivity index (χ1n) is 5.24. The van der Waals surface area contributed by atoms with Crippen molar-refractivity contribution >= 4 is 0 Å². The average molecular weight is 178 g/mol. The third-order valence-corrected chi connectivity index (χ3v) is 4.17. The van der Waals surface area contributed by atoms with Gasteiger partial charge in [0.2, 0.25) is 0 Å². The third-order valence-electron chi connectivity index (χ3n) is 4.17. The van der Waals surface area contributed by atoms with E-state index in [-0.39, 0.29) is 5.60 Å². The molecule has 70 valence electrons. The van der Waals surface area contributed by atoms with Crippen LogP contribution in [0.4, 0.5) is 0 Å². The molecule has 2 saturated heterocycles. The molecule has 0 aromatic rings. The van der Waals surface area contributed by atoms with Gasteiger partial charge in [-0.1, -0.05) is 13.0 Å². The van der Waals surface area contributed by atoms with Crippen LogP contribution < -0.4 is 0 Å². The van der Waals surface area contributed by atoms with Gasteiger partial charge in [-0.25, -0.2) is 0 Å². The predicted octanol–water partition coefficient (Wildman–Crippen LogP) is 1.51. The molecule has 3 fully saturated rings. The van der Waals surface area contributed by atoms with E-state index in [9.17, 15) is 0 Å². The Kier molecular flexibility index (Phi) is 0.935. The molecule has 2 aliphatic carbocycles. The number of hydrogen-bond donors (Lipinski definition) is 0. The maximum absolute atomic E-state index is 5.71. The summed E-state index contributed by atoms with van der Waals surface area (Å²) in [5.41, 5.74) is 1.74. The van der Waals surface area contributed by atoms with Gasteiger partial charge in [-0.15, -0.1) is 0 Å². The molecular formula is C11H14O2. The molecule has 1 saturated carbocycles. The van der Waals surface area contributed by atoms with Gasteiger partial charge >= 0.3 is 0 Å². The molecule has 2 nitrogen and oxygen atoms in total. The van der Waals surface area contributed by atoms with E-state index in [1.54, 1.807) is 5.57 Å². The number of epoxide rings is 2. The van der Waals surface area contributed by atoms with Crippen LogP contribution in [0.2, 0.25) is 0 Å². The fraction of sp³-hybridized carbons (Fsp3) is 0.818. The summed E-state index contributed by atoms with van der Waals surface area (Å²) in [5, 5.41) is 0. The summed E-state index contributed by atoms with van der Waals surface area (Å²) in [6.45, 7) is 4.49. The number of fused-ring (bicyclic) bond motifs is 5. The third kappa shape index (κ3) is 0.692. The Morgan fingerprint density at radius 2 is 2.31 bits per heavy atom. The number of hydrogen-bond acceptors (Lipinski definition) is 2. The molecule has 13 heavy (non-hydrogen) atoms. The van der Waals surface area contributed by atoms with Crippen LogP contribution >= 0.6 is 0 Å². The molecule has 4 aliphatic rings. The van der Waals surface area contributed by atoms with Crippen molar-refractivity contribution in [3.63, 3.8) is 0 Å². The van der Waals surface area contributed by atoms with Crippen molar-refractivity contribution < 1.29 is 9.47 Å². The Morgan fingerprint density at radius 1 is 1.46 bits per heavy atom. The zero-order valence-electron chi connectivity index (χ0n) is 7.99. The second-order valence-corrected chi connectivity index (χ2v) is 5.21. The molecule has 2 heteroatoms. The van der Waals surface area contributed by atoms with E-state index >= 15 is 0 Å². The largest absolute Gasteiger partial charge is 0.368 e. The molecule has 0 aromatic heterocycles. The molecule has 2 aliphatic heterocycles. The minimum absolute atomic E-state index is 0.192. The quantitative estimate of drug-likeness (QED) is 0.415. The van der Waals surface area contributed by atoms with Crippen molar-refractivity contribution in [1.29, 1.82) is 0 Å². The van der Waals surface area contributed by atoms with Crippen LogP contribution in [0.15, 0.2) is 11.6 Å². The minimum Gasteiger partial charge on any atom is -0.368 e. The van der Waals surface area contributed by atoms with Crippen LogP contribution in [0.3, 0.4) is 0 Å². The first kappa shape index (κ1) is 7.02. The highest BCUT2D eigenvalue weighted by Gasteiger charge is 2.68. The van der Waals surface area contributed by atoms with E-state index in [1.165, 1.54) is 6.42 Å². The van der Waals surface area contributed by atoms with Crippen LogP contribution in [-0.4, -0.2) is 23.9 Å². The molecule has 0 amide bonds. The smallest absolute Gasteiger partial charge is 0.108 e. The lowest BCUT2D eigenvalue weighted by molar-refractivity contribution is 0.231. The lowest BCUT2D eigenvalue weighted by atomic mass is 9.84. The Labute approximate surface area is 77.9 Å². The molecule has 0 aromatic carbocycles. The van der Waals surface area contributed by atoms with Crippen molar-refractivity contribution in [1.82, 2.24) is 0 Å². The number of ether oxygens (including phenoxy) is 2. The monoisotopic (exact) mass is 178 g/mol. The van der Waals surface area contributed by atoms with E-state index in [0.29, 0.717) is 30.1 Å². The van der Waals surface area contributed by atoms with Crippen LogP contribution in [0.5, 0.6) is 0 Å². The normalized spacial score (nSPS) is 66.3. The molecule has 0 N–H and O–H groups in total. The van der Waals surface area contributed by atoms with Gasteiger partial charge in [0.05, 0.1) is 17.8 Å². The first-order chi connectivity index (χ1) is 6.19. The van der Waals surface area contributed by atoms with Gasteiger partial charge in [-0.3, -0.25) is 0 Å². The summed E-state index contributed by atoms with van der Waals surface area (Å²) in [5.74, 6) is 1.31. The lowest BCUT2D eigenvalue weighted by Gasteiger charge is -2.19. The minimum atomic E-state index is 0.192. The second kappa shape index (κ2) is 1.73. The van der Waals surface area contributed by atoms with Gasteiger partial charge in [0, 0.05) is 11.8 Å². The Hall–Kier alpha value is -0.340. The molecule has 6 atom stereocenters. The number of rotatable bonds is 0. The highest BCUT2D eigenvalue weighted by Crippen LogP contribution is 2.61. The van der Waals surface area contributed by atoms with Crippen LogP contribution in [0, 0.1) is 11.8 Å². The Bertz CT molecular complexity index is 322. The van der Waals surface area contributed by atoms with Crippen molar-refractivity contribution in [2.45, 2.75) is 44.2 Å². The van der Waals surface area contributed by atoms with Crippen molar-refractivity contribution in [3.05, 3.63) is 11.6 Å². The van der Waals surface area contributed by atoms with E-state index in [1.807, 2.05) is 0 Å². The zero-order valence-corrected chi connectivity index (χ0v) is 7.99. The van der Waals surface area contributed by atoms with E-state index in [0.717, 1.165) is 0 Å². The summed E-state index contributed by atoms with van der Waals surface area (Å²) < 4.78 is 11.4. The summed E-state index contributed by atoms with van der Waals surface area (Å²) in [4.78, 5) is 0. The molecule has 2 heterocycles. The summed E-state index contributed by atoms with van der Waals surface area (Å²) >= 11 is 0. The van der Waals surface area contributed by atoms with E-state index in [2.05, 4.69) is 19.9 Å². The first-order valence-corrected chi connectivity index (χ1v) is 5.24. The summed E-state index contributed by atoms with van der Waals surface area (Å²) in [7, 11) is 0. The molecule has 0 radical (unpaired) electrons. The SMILES string of the molecule is CC1C=C2C(CC3(C)OC23)C2OC12. The lowest BCUT2D eigenvalue weighted by Crippen LogP contribution is -2.22. The zero-order chi connectivity index (χ0) is 8.79. The topological polar surface area (TPSA) is 25.1 Å². The van der Waals surface area contributed by atoms with Crippen molar-refractivity contribution in [2.75, 3.05) is 0 Å². The molecule has 6 unspecified atom stereocenters. The van der Waals surface area contributed by atoms with E-state index in [4.69, 9.17) is 9.47 Å². The molecule has 4 rings (SSSR count). The van der Waals surface area contributed by atoms with Crippen LogP contribution in [0.1, 0.15) is 20.3 Å². The maximum atomic E-state index is 5.71. The second-order valence-electron chi connectivity index (χ2n) is 5.21. The van der Waals surface area contributed by atoms with Gasteiger partial charge in [0.1, 0.15) is 6.10 Å². The summed E-state index contributed by atoms with van der Waals surface area (Å²) in [6, 6.07) is 0. The fourth-order valence-electron chi connectivity index (χ4n) is 3.36. The van der Waals surface area contributed by atoms with Crippen LogP contribution in [-0.2, 0) is 9.47 Å².